The Morgan fingerprint density at radius 2 is 2.33 bits per heavy atom. The lowest BCUT2D eigenvalue weighted by molar-refractivity contribution is 0.0440. The molecule has 0 aromatic heterocycles. The molecule has 116 valence electrons. The summed E-state index contributed by atoms with van der Waals surface area (Å²) in [4.78, 5) is 2.27. The number of nitrogens with zero attached hydrogens (tertiary/aromatic N) is 2. The van der Waals surface area contributed by atoms with Crippen molar-refractivity contribution in [1.29, 1.82) is 0 Å². The summed E-state index contributed by atoms with van der Waals surface area (Å²) < 4.78 is 5.88. The van der Waals surface area contributed by atoms with Gasteiger partial charge in [-0.05, 0) is 38.3 Å². The number of nitrogens with two attached hydrogens (primary N) is 1. The van der Waals surface area contributed by atoms with Crippen molar-refractivity contribution in [3.05, 3.63) is 29.3 Å². The molecule has 1 aliphatic heterocycles. The fraction of sp³-hybridized carbons (Fsp3) is 0.562. The van der Waals surface area contributed by atoms with Gasteiger partial charge >= 0.3 is 0 Å². The minimum Gasteiger partial charge on any atom is -0.409 e. The number of ether oxygens (including phenoxy) is 1. The van der Waals surface area contributed by atoms with E-state index >= 15 is 0 Å². The van der Waals surface area contributed by atoms with Gasteiger partial charge in [-0.25, -0.2) is 0 Å². The van der Waals surface area contributed by atoms with Crippen molar-refractivity contribution in [3.8, 4) is 0 Å². The van der Waals surface area contributed by atoms with Gasteiger partial charge in [0.2, 0.25) is 0 Å². The zero-order chi connectivity index (χ0) is 15.2. The molecule has 5 heteroatoms. The van der Waals surface area contributed by atoms with E-state index in [2.05, 4.69) is 23.0 Å². The van der Waals surface area contributed by atoms with Gasteiger partial charge < -0.3 is 20.6 Å². The number of aryl methyl sites for hydroxylation is 1. The molecule has 0 bridgehead atoms. The van der Waals surface area contributed by atoms with E-state index in [1.165, 1.54) is 0 Å². The van der Waals surface area contributed by atoms with Crippen LogP contribution in [0.3, 0.4) is 0 Å². The average Bonchev–Trinajstić information content (AvgIpc) is 2.52. The van der Waals surface area contributed by atoms with Crippen LogP contribution in [0.1, 0.15) is 37.3 Å². The molecule has 2 rings (SSSR count). The molecule has 3 N–H and O–H groups in total. The van der Waals surface area contributed by atoms with Crippen molar-refractivity contribution in [1.82, 2.24) is 0 Å². The minimum absolute atomic E-state index is 0.158. The summed E-state index contributed by atoms with van der Waals surface area (Å²) >= 11 is 0. The third kappa shape index (κ3) is 3.88. The Labute approximate surface area is 126 Å². The van der Waals surface area contributed by atoms with E-state index in [0.717, 1.165) is 55.8 Å². The van der Waals surface area contributed by atoms with Gasteiger partial charge in [-0.15, -0.1) is 0 Å². The van der Waals surface area contributed by atoms with Crippen molar-refractivity contribution in [2.45, 2.75) is 39.2 Å². The number of anilines is 1. The number of hydrogen-bond acceptors (Lipinski definition) is 4. The lowest BCUT2D eigenvalue weighted by Crippen LogP contribution is -2.40. The quantitative estimate of drug-likeness (QED) is 0.378. The second-order valence-electron chi connectivity index (χ2n) is 5.59. The molecule has 21 heavy (non-hydrogen) atoms. The van der Waals surface area contributed by atoms with Crippen LogP contribution in [0.4, 0.5) is 5.69 Å². The van der Waals surface area contributed by atoms with Crippen LogP contribution in [0.25, 0.3) is 0 Å². The van der Waals surface area contributed by atoms with Crippen LogP contribution >= 0.6 is 0 Å². The van der Waals surface area contributed by atoms with E-state index in [0.29, 0.717) is 0 Å². The first kappa shape index (κ1) is 15.6. The molecule has 0 radical (unpaired) electrons. The van der Waals surface area contributed by atoms with Crippen molar-refractivity contribution in [3.63, 3.8) is 0 Å². The lowest BCUT2D eigenvalue weighted by atomic mass is 10.0. The Morgan fingerprint density at radius 1 is 1.52 bits per heavy atom. The SMILES string of the molecule is CCCOC1CCCN(c2ccc(C)cc2/C(N)=N/O)C1. The van der Waals surface area contributed by atoms with E-state index in [-0.39, 0.29) is 11.9 Å². The van der Waals surface area contributed by atoms with E-state index in [1.54, 1.807) is 0 Å². The molecular formula is C16H25N3O2. The zero-order valence-electron chi connectivity index (χ0n) is 12.9. The van der Waals surface area contributed by atoms with Gasteiger partial charge in [-0.2, -0.15) is 0 Å². The second-order valence-corrected chi connectivity index (χ2v) is 5.59. The van der Waals surface area contributed by atoms with Gasteiger partial charge in [0.05, 0.1) is 6.10 Å². The molecular weight excluding hydrogens is 266 g/mol. The summed E-state index contributed by atoms with van der Waals surface area (Å²) in [6.45, 7) is 6.76. The Balaban J connectivity index is 2.20. The van der Waals surface area contributed by atoms with Gasteiger partial charge in [0, 0.05) is 30.9 Å². The van der Waals surface area contributed by atoms with Crippen LogP contribution in [0.15, 0.2) is 23.4 Å². The molecule has 1 unspecified atom stereocenters. The van der Waals surface area contributed by atoms with Crippen molar-refractivity contribution >= 4 is 11.5 Å². The highest BCUT2D eigenvalue weighted by atomic mass is 16.5. The number of hydrogen-bond donors (Lipinski definition) is 2. The molecule has 1 heterocycles. The Kier molecular flexibility index (Phi) is 5.44. The predicted molar refractivity (Wildman–Crippen MR) is 85.2 cm³/mol. The average molecular weight is 291 g/mol. The molecule has 1 aliphatic rings. The fourth-order valence-electron chi connectivity index (χ4n) is 2.76. The van der Waals surface area contributed by atoms with Gasteiger partial charge in [-0.3, -0.25) is 0 Å². The van der Waals surface area contributed by atoms with Gasteiger partial charge in [0.1, 0.15) is 0 Å². The molecule has 0 saturated carbocycles. The first-order chi connectivity index (χ1) is 10.2. The Hall–Kier alpha value is -1.75. The largest absolute Gasteiger partial charge is 0.409 e. The molecule has 1 atom stereocenters. The summed E-state index contributed by atoms with van der Waals surface area (Å²) in [5.74, 6) is 0.158. The van der Waals surface area contributed by atoms with Gasteiger partial charge in [0.25, 0.3) is 0 Å². The molecule has 0 spiro atoms. The fourth-order valence-corrected chi connectivity index (χ4v) is 2.76. The number of rotatable bonds is 5. The van der Waals surface area contributed by atoms with Crippen LogP contribution in [0, 0.1) is 6.92 Å². The number of oxime groups is 1. The second kappa shape index (κ2) is 7.31. The normalized spacial score (nSPS) is 19.8. The Morgan fingerprint density at radius 3 is 3.05 bits per heavy atom. The highest BCUT2D eigenvalue weighted by Crippen LogP contribution is 2.26. The maximum Gasteiger partial charge on any atom is 0.172 e. The summed E-state index contributed by atoms with van der Waals surface area (Å²) in [7, 11) is 0. The highest BCUT2D eigenvalue weighted by molar-refractivity contribution is 6.02. The van der Waals surface area contributed by atoms with Crippen molar-refractivity contribution in [2.75, 3.05) is 24.6 Å². The lowest BCUT2D eigenvalue weighted by Gasteiger charge is -2.35. The van der Waals surface area contributed by atoms with Crippen LogP contribution in [0.2, 0.25) is 0 Å². The highest BCUT2D eigenvalue weighted by Gasteiger charge is 2.23. The summed E-state index contributed by atoms with van der Waals surface area (Å²) in [5, 5.41) is 12.2. The van der Waals surface area contributed by atoms with Crippen molar-refractivity contribution in [2.24, 2.45) is 10.9 Å². The minimum atomic E-state index is 0.158. The molecule has 1 aromatic carbocycles. The van der Waals surface area contributed by atoms with Crippen LogP contribution in [-0.2, 0) is 4.74 Å². The first-order valence-corrected chi connectivity index (χ1v) is 7.60. The third-order valence-electron chi connectivity index (χ3n) is 3.81. The Bertz CT molecular complexity index is 502. The van der Waals surface area contributed by atoms with Crippen LogP contribution < -0.4 is 10.6 Å². The first-order valence-electron chi connectivity index (χ1n) is 7.60. The van der Waals surface area contributed by atoms with Crippen molar-refractivity contribution < 1.29 is 9.94 Å². The molecule has 1 saturated heterocycles. The monoisotopic (exact) mass is 291 g/mol. The molecule has 5 nitrogen and oxygen atoms in total. The molecule has 0 amide bonds. The van der Waals surface area contributed by atoms with E-state index in [1.807, 2.05) is 19.1 Å². The molecule has 1 aromatic rings. The zero-order valence-corrected chi connectivity index (χ0v) is 12.9. The van der Waals surface area contributed by atoms with Gasteiger partial charge in [-0.1, -0.05) is 23.7 Å². The van der Waals surface area contributed by atoms with E-state index in [4.69, 9.17) is 15.7 Å². The number of piperidine rings is 1. The number of amidine groups is 1. The van der Waals surface area contributed by atoms with E-state index in [9.17, 15) is 0 Å². The summed E-state index contributed by atoms with van der Waals surface area (Å²) in [6.07, 6.45) is 3.50. The van der Waals surface area contributed by atoms with Crippen LogP contribution in [0.5, 0.6) is 0 Å². The van der Waals surface area contributed by atoms with Crippen LogP contribution in [-0.4, -0.2) is 36.8 Å². The maximum atomic E-state index is 8.99. The van der Waals surface area contributed by atoms with Gasteiger partial charge in [0.15, 0.2) is 5.84 Å². The predicted octanol–water partition coefficient (Wildman–Crippen LogP) is 2.48. The molecule has 1 fully saturated rings. The summed E-state index contributed by atoms with van der Waals surface area (Å²) in [5.41, 5.74) is 8.72. The molecule has 0 aliphatic carbocycles. The maximum absolute atomic E-state index is 8.99. The number of benzene rings is 1. The summed E-state index contributed by atoms with van der Waals surface area (Å²) in [6, 6.07) is 6.06. The smallest absolute Gasteiger partial charge is 0.172 e. The van der Waals surface area contributed by atoms with E-state index < -0.39 is 0 Å². The third-order valence-corrected chi connectivity index (χ3v) is 3.81. The topological polar surface area (TPSA) is 71.1 Å². The standard InChI is InChI=1S/C16H25N3O2/c1-3-9-21-13-5-4-8-19(11-13)15-7-6-12(2)10-14(15)16(17)18-20/h6-7,10,13,20H,3-5,8-9,11H2,1-2H3,(H2,17,18).